The molecular formula is C14H19FN2O. The van der Waals surface area contributed by atoms with E-state index in [-0.39, 0.29) is 11.7 Å². The summed E-state index contributed by atoms with van der Waals surface area (Å²) >= 11 is 0. The zero-order valence-electron chi connectivity index (χ0n) is 10.8. The van der Waals surface area contributed by atoms with Gasteiger partial charge >= 0.3 is 0 Å². The van der Waals surface area contributed by atoms with E-state index in [4.69, 9.17) is 0 Å². The molecule has 0 spiro atoms. The van der Waals surface area contributed by atoms with Crippen LogP contribution in [0.5, 0.6) is 0 Å². The minimum Gasteiger partial charge on any atom is -0.380 e. The molecule has 0 saturated heterocycles. The average Bonchev–Trinajstić information content (AvgIpc) is 2.69. The van der Waals surface area contributed by atoms with Crippen molar-refractivity contribution in [2.75, 3.05) is 10.6 Å². The largest absolute Gasteiger partial charge is 0.380 e. The fourth-order valence-corrected chi connectivity index (χ4v) is 2.48. The van der Waals surface area contributed by atoms with Crippen LogP contribution in [0.1, 0.15) is 33.1 Å². The van der Waals surface area contributed by atoms with Crippen molar-refractivity contribution >= 4 is 17.3 Å². The average molecular weight is 250 g/mol. The summed E-state index contributed by atoms with van der Waals surface area (Å²) < 4.78 is 13.7. The molecule has 0 aliphatic heterocycles. The molecule has 1 amide bonds. The highest BCUT2D eigenvalue weighted by atomic mass is 19.1. The van der Waals surface area contributed by atoms with Crippen LogP contribution in [0.15, 0.2) is 18.2 Å². The molecule has 1 saturated carbocycles. The highest BCUT2D eigenvalue weighted by Gasteiger charge is 2.23. The van der Waals surface area contributed by atoms with Gasteiger partial charge in [0, 0.05) is 18.7 Å². The second kappa shape index (κ2) is 5.38. The normalized spacial score (nSPS) is 22.8. The van der Waals surface area contributed by atoms with Crippen molar-refractivity contribution in [1.29, 1.82) is 0 Å². The van der Waals surface area contributed by atoms with E-state index in [2.05, 4.69) is 17.6 Å². The molecule has 1 fully saturated rings. The molecule has 0 radical (unpaired) electrons. The van der Waals surface area contributed by atoms with Crippen LogP contribution in [0.2, 0.25) is 0 Å². The molecule has 0 aromatic heterocycles. The first-order valence-corrected chi connectivity index (χ1v) is 6.40. The molecule has 2 unspecified atom stereocenters. The van der Waals surface area contributed by atoms with Crippen LogP contribution in [0, 0.1) is 11.7 Å². The maximum Gasteiger partial charge on any atom is 0.221 e. The lowest BCUT2D eigenvalue weighted by atomic mass is 10.1. The lowest BCUT2D eigenvalue weighted by Gasteiger charge is -2.19. The van der Waals surface area contributed by atoms with Gasteiger partial charge in [0.05, 0.1) is 5.69 Å². The molecule has 2 N–H and O–H groups in total. The number of amides is 1. The van der Waals surface area contributed by atoms with Gasteiger partial charge < -0.3 is 10.6 Å². The monoisotopic (exact) mass is 250 g/mol. The van der Waals surface area contributed by atoms with E-state index >= 15 is 0 Å². The second-order valence-corrected chi connectivity index (χ2v) is 5.03. The topological polar surface area (TPSA) is 41.1 Å². The van der Waals surface area contributed by atoms with Crippen LogP contribution in [0.4, 0.5) is 15.8 Å². The molecule has 4 heteroatoms. The second-order valence-electron chi connectivity index (χ2n) is 5.03. The van der Waals surface area contributed by atoms with Gasteiger partial charge in [-0.05, 0) is 37.0 Å². The fourth-order valence-electron chi connectivity index (χ4n) is 2.48. The third kappa shape index (κ3) is 3.00. The Bertz CT molecular complexity index is 447. The van der Waals surface area contributed by atoms with E-state index in [0.29, 0.717) is 23.3 Å². The Labute approximate surface area is 107 Å². The maximum atomic E-state index is 13.7. The van der Waals surface area contributed by atoms with Crippen LogP contribution >= 0.6 is 0 Å². The standard InChI is InChI=1S/C14H19FN2O/c1-9-4-3-5-13(9)17-14-8-11(16-10(2)18)6-7-12(14)15/h6-9,13,17H,3-5H2,1-2H3,(H,16,18). The summed E-state index contributed by atoms with van der Waals surface area (Å²) in [7, 11) is 0. The number of rotatable bonds is 3. The highest BCUT2D eigenvalue weighted by Crippen LogP contribution is 2.29. The molecule has 2 rings (SSSR count). The SMILES string of the molecule is CC(=O)Nc1ccc(F)c(NC2CCCC2C)c1. The first-order valence-electron chi connectivity index (χ1n) is 6.40. The minimum atomic E-state index is -0.275. The zero-order chi connectivity index (χ0) is 13.1. The first-order chi connectivity index (χ1) is 8.56. The Morgan fingerprint density at radius 1 is 1.39 bits per heavy atom. The maximum absolute atomic E-state index is 13.7. The van der Waals surface area contributed by atoms with Gasteiger partial charge in [-0.15, -0.1) is 0 Å². The van der Waals surface area contributed by atoms with Gasteiger partial charge in [-0.1, -0.05) is 13.3 Å². The first kappa shape index (κ1) is 12.9. The van der Waals surface area contributed by atoms with E-state index in [9.17, 15) is 9.18 Å². The predicted molar refractivity (Wildman–Crippen MR) is 71.1 cm³/mol. The van der Waals surface area contributed by atoms with Crippen LogP contribution in [0.25, 0.3) is 0 Å². The van der Waals surface area contributed by atoms with Crippen LogP contribution < -0.4 is 10.6 Å². The van der Waals surface area contributed by atoms with Crippen LogP contribution in [-0.2, 0) is 4.79 Å². The molecule has 1 aliphatic carbocycles. The Balaban J connectivity index is 2.13. The van der Waals surface area contributed by atoms with Crippen molar-refractivity contribution in [3.8, 4) is 0 Å². The molecule has 98 valence electrons. The lowest BCUT2D eigenvalue weighted by Crippen LogP contribution is -2.22. The molecule has 1 aromatic rings. The Hall–Kier alpha value is -1.58. The summed E-state index contributed by atoms with van der Waals surface area (Å²) in [6.07, 6.45) is 3.45. The van der Waals surface area contributed by atoms with Crippen molar-refractivity contribution in [1.82, 2.24) is 0 Å². The van der Waals surface area contributed by atoms with E-state index in [1.165, 1.54) is 25.8 Å². The number of carbonyl (C=O) groups is 1. The molecule has 18 heavy (non-hydrogen) atoms. The number of anilines is 2. The molecule has 1 aromatic carbocycles. The summed E-state index contributed by atoms with van der Waals surface area (Å²) in [4.78, 5) is 11.0. The summed E-state index contributed by atoms with van der Waals surface area (Å²) in [5.41, 5.74) is 1.09. The highest BCUT2D eigenvalue weighted by molar-refractivity contribution is 5.89. The Kier molecular flexibility index (Phi) is 3.84. The zero-order valence-corrected chi connectivity index (χ0v) is 10.8. The van der Waals surface area contributed by atoms with E-state index in [1.807, 2.05) is 0 Å². The van der Waals surface area contributed by atoms with Crippen molar-refractivity contribution in [3.05, 3.63) is 24.0 Å². The predicted octanol–water partition coefficient (Wildman–Crippen LogP) is 3.38. The van der Waals surface area contributed by atoms with Gasteiger partial charge in [-0.2, -0.15) is 0 Å². The van der Waals surface area contributed by atoms with Crippen LogP contribution in [-0.4, -0.2) is 11.9 Å². The third-order valence-corrected chi connectivity index (χ3v) is 3.49. The molecule has 3 nitrogen and oxygen atoms in total. The van der Waals surface area contributed by atoms with Gasteiger partial charge in [-0.25, -0.2) is 4.39 Å². The number of carbonyl (C=O) groups excluding carboxylic acids is 1. The number of halogens is 1. The molecule has 0 bridgehead atoms. The molecule has 0 heterocycles. The van der Waals surface area contributed by atoms with Gasteiger partial charge in [0.15, 0.2) is 0 Å². The van der Waals surface area contributed by atoms with E-state index in [0.717, 1.165) is 6.42 Å². The van der Waals surface area contributed by atoms with E-state index < -0.39 is 0 Å². The van der Waals surface area contributed by atoms with Crippen molar-refractivity contribution in [2.45, 2.75) is 39.2 Å². The number of hydrogen-bond acceptors (Lipinski definition) is 2. The smallest absolute Gasteiger partial charge is 0.221 e. The summed E-state index contributed by atoms with van der Waals surface area (Å²) in [6, 6.07) is 4.93. The summed E-state index contributed by atoms with van der Waals surface area (Å²) in [5, 5.41) is 5.91. The number of nitrogens with one attached hydrogen (secondary N) is 2. The van der Waals surface area contributed by atoms with E-state index in [1.54, 1.807) is 12.1 Å². The van der Waals surface area contributed by atoms with Crippen molar-refractivity contribution in [3.63, 3.8) is 0 Å². The van der Waals surface area contributed by atoms with Gasteiger partial charge in [-0.3, -0.25) is 4.79 Å². The molecule has 1 aliphatic rings. The van der Waals surface area contributed by atoms with Crippen molar-refractivity contribution in [2.24, 2.45) is 5.92 Å². The quantitative estimate of drug-likeness (QED) is 0.863. The van der Waals surface area contributed by atoms with Crippen molar-refractivity contribution < 1.29 is 9.18 Å². The third-order valence-electron chi connectivity index (χ3n) is 3.49. The molecular weight excluding hydrogens is 231 g/mol. The number of hydrogen-bond donors (Lipinski definition) is 2. The minimum absolute atomic E-state index is 0.151. The van der Waals surface area contributed by atoms with Gasteiger partial charge in [0.25, 0.3) is 0 Å². The number of benzene rings is 1. The fraction of sp³-hybridized carbons (Fsp3) is 0.500. The summed E-state index contributed by atoms with van der Waals surface area (Å²) in [5.74, 6) is 0.138. The van der Waals surface area contributed by atoms with Gasteiger partial charge in [0.2, 0.25) is 5.91 Å². The van der Waals surface area contributed by atoms with Crippen LogP contribution in [0.3, 0.4) is 0 Å². The Morgan fingerprint density at radius 3 is 2.78 bits per heavy atom. The Morgan fingerprint density at radius 2 is 2.17 bits per heavy atom. The lowest BCUT2D eigenvalue weighted by molar-refractivity contribution is -0.114. The molecule has 2 atom stereocenters. The van der Waals surface area contributed by atoms with Gasteiger partial charge in [0.1, 0.15) is 5.82 Å². The summed E-state index contributed by atoms with van der Waals surface area (Å²) in [6.45, 7) is 3.62.